The van der Waals surface area contributed by atoms with Gasteiger partial charge in [0.25, 0.3) is 5.91 Å². The lowest BCUT2D eigenvalue weighted by atomic mass is 10.1. The number of nitrogens with one attached hydrogen (secondary N) is 1. The predicted octanol–water partition coefficient (Wildman–Crippen LogP) is 3.74. The van der Waals surface area contributed by atoms with Gasteiger partial charge in [-0.2, -0.15) is 0 Å². The third kappa shape index (κ3) is 5.66. The van der Waals surface area contributed by atoms with Crippen molar-refractivity contribution in [1.29, 1.82) is 0 Å². The number of para-hydroxylation sites is 1. The molecule has 4 rings (SSSR count). The van der Waals surface area contributed by atoms with Gasteiger partial charge in [0, 0.05) is 38.9 Å². The molecule has 2 amide bonds. The number of pyridine rings is 1. The number of allylic oxidation sites excluding steroid dienone is 1. The normalized spacial score (nSPS) is 15.8. The van der Waals surface area contributed by atoms with Gasteiger partial charge in [0.1, 0.15) is 0 Å². The minimum Gasteiger partial charge on any atom is -0.319 e. The fourth-order valence-electron chi connectivity index (χ4n) is 3.79. The van der Waals surface area contributed by atoms with Crippen LogP contribution in [0.3, 0.4) is 0 Å². The number of rotatable bonds is 4. The van der Waals surface area contributed by atoms with Gasteiger partial charge < -0.3 is 5.32 Å². The number of fused-ring (bicyclic) bond motifs is 2. The molecule has 0 unspecified atom stereocenters. The zero-order chi connectivity index (χ0) is 21.1. The quantitative estimate of drug-likeness (QED) is 0.679. The van der Waals surface area contributed by atoms with Crippen molar-refractivity contribution in [3.63, 3.8) is 0 Å². The molecule has 1 N–H and O–H groups in total. The SMILES string of the molecule is CC(C)=CCN1CCN(CC(=O)N2c3ccccc3C(=O)Nc3cccnc32)CC1.Cl.Cl. The highest BCUT2D eigenvalue weighted by Gasteiger charge is 2.31. The van der Waals surface area contributed by atoms with E-state index >= 15 is 0 Å². The number of halogens is 2. The number of aromatic nitrogens is 1. The Hall–Kier alpha value is -2.45. The van der Waals surface area contributed by atoms with Crippen molar-refractivity contribution in [3.05, 3.63) is 59.8 Å². The first-order valence-electron chi connectivity index (χ1n) is 10.3. The highest BCUT2D eigenvalue weighted by atomic mass is 35.5. The minimum atomic E-state index is -0.233. The van der Waals surface area contributed by atoms with Gasteiger partial charge >= 0.3 is 0 Å². The maximum Gasteiger partial charge on any atom is 0.257 e. The maximum atomic E-state index is 13.4. The highest BCUT2D eigenvalue weighted by Crippen LogP contribution is 2.36. The van der Waals surface area contributed by atoms with Crippen molar-refractivity contribution < 1.29 is 9.59 Å². The molecule has 9 heteroatoms. The molecule has 7 nitrogen and oxygen atoms in total. The van der Waals surface area contributed by atoms with Gasteiger partial charge in [-0.1, -0.05) is 23.8 Å². The second kappa shape index (κ2) is 11.4. The Bertz CT molecular complexity index is 986. The molecule has 32 heavy (non-hydrogen) atoms. The van der Waals surface area contributed by atoms with Crippen molar-refractivity contribution in [1.82, 2.24) is 14.8 Å². The molecule has 2 aliphatic rings. The van der Waals surface area contributed by atoms with E-state index in [2.05, 4.69) is 40.0 Å². The molecule has 2 aromatic rings. The Labute approximate surface area is 201 Å². The van der Waals surface area contributed by atoms with E-state index in [-0.39, 0.29) is 43.2 Å². The van der Waals surface area contributed by atoms with Gasteiger partial charge in [-0.25, -0.2) is 4.98 Å². The first-order valence-corrected chi connectivity index (χ1v) is 10.3. The molecule has 0 bridgehead atoms. The van der Waals surface area contributed by atoms with Crippen LogP contribution in [-0.4, -0.2) is 65.9 Å². The Balaban J connectivity index is 0.00000181. The van der Waals surface area contributed by atoms with Crippen molar-refractivity contribution >= 4 is 53.8 Å². The first-order chi connectivity index (χ1) is 14.5. The second-order valence-corrected chi connectivity index (χ2v) is 7.93. The maximum absolute atomic E-state index is 13.4. The van der Waals surface area contributed by atoms with E-state index in [0.717, 1.165) is 32.7 Å². The molecule has 1 aromatic heterocycles. The Morgan fingerprint density at radius 3 is 2.44 bits per heavy atom. The van der Waals surface area contributed by atoms with Crippen LogP contribution in [0.5, 0.6) is 0 Å². The summed E-state index contributed by atoms with van der Waals surface area (Å²) < 4.78 is 0. The summed E-state index contributed by atoms with van der Waals surface area (Å²) in [5.41, 5.74) is 2.90. The number of anilines is 3. The van der Waals surface area contributed by atoms with Crippen LogP contribution >= 0.6 is 24.8 Å². The molecule has 0 atom stereocenters. The van der Waals surface area contributed by atoms with Crippen LogP contribution in [-0.2, 0) is 4.79 Å². The van der Waals surface area contributed by atoms with E-state index in [9.17, 15) is 9.59 Å². The molecule has 0 spiro atoms. The number of piperazine rings is 1. The molecule has 172 valence electrons. The monoisotopic (exact) mass is 477 g/mol. The molecule has 0 saturated carbocycles. The fraction of sp³-hybridized carbons (Fsp3) is 0.348. The fourth-order valence-corrected chi connectivity index (χ4v) is 3.79. The topological polar surface area (TPSA) is 68.8 Å². The van der Waals surface area contributed by atoms with Crippen LogP contribution in [0, 0.1) is 0 Å². The van der Waals surface area contributed by atoms with E-state index in [1.54, 1.807) is 41.4 Å². The number of hydrogen-bond donors (Lipinski definition) is 1. The Morgan fingerprint density at radius 2 is 1.72 bits per heavy atom. The summed E-state index contributed by atoms with van der Waals surface area (Å²) in [5.74, 6) is 0.141. The lowest BCUT2D eigenvalue weighted by molar-refractivity contribution is -0.119. The molecule has 1 saturated heterocycles. The Kier molecular flexibility index (Phi) is 9.21. The van der Waals surface area contributed by atoms with Gasteiger partial charge in [-0.3, -0.25) is 24.3 Å². The summed E-state index contributed by atoms with van der Waals surface area (Å²) >= 11 is 0. The summed E-state index contributed by atoms with van der Waals surface area (Å²) in [7, 11) is 0. The van der Waals surface area contributed by atoms with E-state index in [0.29, 0.717) is 22.8 Å². The third-order valence-corrected chi connectivity index (χ3v) is 5.47. The van der Waals surface area contributed by atoms with Crippen molar-refractivity contribution in [3.8, 4) is 0 Å². The number of carbonyl (C=O) groups excluding carboxylic acids is 2. The van der Waals surface area contributed by atoms with E-state index in [1.807, 2.05) is 6.07 Å². The van der Waals surface area contributed by atoms with Gasteiger partial charge in [-0.15, -0.1) is 24.8 Å². The van der Waals surface area contributed by atoms with Crippen LogP contribution in [0.2, 0.25) is 0 Å². The predicted molar refractivity (Wildman–Crippen MR) is 133 cm³/mol. The zero-order valence-electron chi connectivity index (χ0n) is 18.3. The molecule has 0 aliphatic carbocycles. The van der Waals surface area contributed by atoms with Gasteiger partial charge in [0.05, 0.1) is 23.5 Å². The van der Waals surface area contributed by atoms with Crippen molar-refractivity contribution in [2.45, 2.75) is 13.8 Å². The van der Waals surface area contributed by atoms with E-state index in [1.165, 1.54) is 5.57 Å². The molecule has 2 aliphatic heterocycles. The van der Waals surface area contributed by atoms with Crippen molar-refractivity contribution in [2.24, 2.45) is 0 Å². The molecule has 0 radical (unpaired) electrons. The average Bonchev–Trinajstić information content (AvgIpc) is 2.87. The summed E-state index contributed by atoms with van der Waals surface area (Å²) in [6.07, 6.45) is 3.88. The summed E-state index contributed by atoms with van der Waals surface area (Å²) in [6, 6.07) is 10.7. The van der Waals surface area contributed by atoms with E-state index < -0.39 is 0 Å². The second-order valence-electron chi connectivity index (χ2n) is 7.93. The van der Waals surface area contributed by atoms with Crippen LogP contribution < -0.4 is 10.2 Å². The van der Waals surface area contributed by atoms with Crippen LogP contribution in [0.15, 0.2) is 54.2 Å². The summed E-state index contributed by atoms with van der Waals surface area (Å²) in [6.45, 7) is 9.00. The van der Waals surface area contributed by atoms with Gasteiger partial charge in [0.2, 0.25) is 5.91 Å². The van der Waals surface area contributed by atoms with Crippen LogP contribution in [0.4, 0.5) is 17.2 Å². The molecular formula is C23H29Cl2N5O2. The number of hydrogen-bond acceptors (Lipinski definition) is 5. The van der Waals surface area contributed by atoms with Gasteiger partial charge in [-0.05, 0) is 38.1 Å². The Morgan fingerprint density at radius 1 is 1.03 bits per heavy atom. The number of amides is 2. The van der Waals surface area contributed by atoms with Crippen LogP contribution in [0.25, 0.3) is 0 Å². The summed E-state index contributed by atoms with van der Waals surface area (Å²) in [4.78, 5) is 36.7. The zero-order valence-corrected chi connectivity index (χ0v) is 19.9. The van der Waals surface area contributed by atoms with Gasteiger partial charge in [0.15, 0.2) is 5.82 Å². The largest absolute Gasteiger partial charge is 0.319 e. The highest BCUT2D eigenvalue weighted by molar-refractivity contribution is 6.17. The number of nitrogens with zero attached hydrogens (tertiary/aromatic N) is 4. The van der Waals surface area contributed by atoms with Crippen molar-refractivity contribution in [2.75, 3.05) is 49.5 Å². The molecule has 1 aromatic carbocycles. The van der Waals surface area contributed by atoms with Crippen LogP contribution in [0.1, 0.15) is 24.2 Å². The molecule has 3 heterocycles. The lowest BCUT2D eigenvalue weighted by Gasteiger charge is -2.35. The first kappa shape index (κ1) is 25.8. The standard InChI is InChI=1S/C23H27N5O2.2ClH/c1-17(2)9-11-26-12-14-27(15-13-26)16-21(29)28-20-8-4-3-6-18(20)23(30)25-19-7-5-10-24-22(19)28;;/h3-10H,11-16H2,1-2H3,(H,25,30);2*1H. The molecular weight excluding hydrogens is 449 g/mol. The lowest BCUT2D eigenvalue weighted by Crippen LogP contribution is -2.49. The summed E-state index contributed by atoms with van der Waals surface area (Å²) in [5, 5.41) is 2.87. The average molecular weight is 478 g/mol. The number of benzene rings is 1. The smallest absolute Gasteiger partial charge is 0.257 e. The minimum absolute atomic E-state index is 0. The van der Waals surface area contributed by atoms with E-state index in [4.69, 9.17) is 0 Å². The molecule has 1 fully saturated rings. The number of carbonyl (C=O) groups is 2. The third-order valence-electron chi connectivity index (χ3n) is 5.47.